The lowest BCUT2D eigenvalue weighted by Crippen LogP contribution is -2.56. The highest BCUT2D eigenvalue weighted by atomic mass is 32.2. The summed E-state index contributed by atoms with van der Waals surface area (Å²) < 4.78 is 5.94. The van der Waals surface area contributed by atoms with E-state index >= 15 is 0 Å². The van der Waals surface area contributed by atoms with Crippen LogP contribution in [0.2, 0.25) is 0 Å². The van der Waals surface area contributed by atoms with E-state index in [-0.39, 0.29) is 24.1 Å². The Morgan fingerprint density at radius 1 is 1.41 bits per heavy atom. The zero-order valence-corrected chi connectivity index (χ0v) is 13.8. The van der Waals surface area contributed by atoms with Crippen molar-refractivity contribution in [2.45, 2.75) is 38.0 Å². The molecule has 3 atom stereocenters. The number of carbonyl (C=O) groups is 1. The fraction of sp³-hybridized carbons (Fsp3) is 0.588. The maximum atomic E-state index is 12.6. The number of morpholine rings is 1. The standard InChI is InChI=1S/C17H24N2O2S/c1-13-10-21-15(8-7-14-5-3-2-4-6-14)9-19(13)17(20)16-11-22-12-18-16/h2-6,13,15-16,18H,7-12H2,1H3. The van der Waals surface area contributed by atoms with E-state index in [1.807, 2.05) is 11.0 Å². The smallest absolute Gasteiger partial charge is 0.240 e. The van der Waals surface area contributed by atoms with E-state index in [1.165, 1.54) is 5.56 Å². The molecule has 120 valence electrons. The van der Waals surface area contributed by atoms with Crippen molar-refractivity contribution >= 4 is 17.7 Å². The van der Waals surface area contributed by atoms with E-state index in [1.54, 1.807) is 11.8 Å². The van der Waals surface area contributed by atoms with Gasteiger partial charge in [0.15, 0.2) is 0 Å². The van der Waals surface area contributed by atoms with E-state index in [0.717, 1.165) is 31.0 Å². The van der Waals surface area contributed by atoms with Crippen LogP contribution in [-0.2, 0) is 16.0 Å². The van der Waals surface area contributed by atoms with Crippen LogP contribution in [0, 0.1) is 0 Å². The topological polar surface area (TPSA) is 41.6 Å². The van der Waals surface area contributed by atoms with Gasteiger partial charge in [-0.25, -0.2) is 0 Å². The highest BCUT2D eigenvalue weighted by Crippen LogP contribution is 2.20. The molecule has 1 amide bonds. The first-order valence-electron chi connectivity index (χ1n) is 8.01. The zero-order chi connectivity index (χ0) is 15.4. The Hall–Kier alpha value is -1.04. The number of rotatable bonds is 4. The van der Waals surface area contributed by atoms with Crippen molar-refractivity contribution < 1.29 is 9.53 Å². The number of nitrogens with one attached hydrogen (secondary N) is 1. The van der Waals surface area contributed by atoms with Gasteiger partial charge in [-0.3, -0.25) is 10.1 Å². The van der Waals surface area contributed by atoms with E-state index in [9.17, 15) is 4.79 Å². The average Bonchev–Trinajstić information content (AvgIpc) is 3.09. The highest BCUT2D eigenvalue weighted by Gasteiger charge is 2.34. The number of carbonyl (C=O) groups excluding carboxylic acids is 1. The Kier molecular flexibility index (Phi) is 5.39. The Morgan fingerprint density at radius 2 is 2.23 bits per heavy atom. The van der Waals surface area contributed by atoms with Gasteiger partial charge in [-0.1, -0.05) is 30.3 Å². The average molecular weight is 320 g/mol. The second-order valence-electron chi connectivity index (χ2n) is 6.09. The third-order valence-electron chi connectivity index (χ3n) is 4.40. The van der Waals surface area contributed by atoms with Crippen molar-refractivity contribution in [2.24, 2.45) is 0 Å². The van der Waals surface area contributed by atoms with Crippen molar-refractivity contribution in [1.29, 1.82) is 0 Å². The van der Waals surface area contributed by atoms with Crippen molar-refractivity contribution in [2.75, 3.05) is 24.8 Å². The van der Waals surface area contributed by atoms with E-state index in [0.29, 0.717) is 6.61 Å². The van der Waals surface area contributed by atoms with Gasteiger partial charge in [-0.2, -0.15) is 0 Å². The normalized spacial score (nSPS) is 28.8. The second kappa shape index (κ2) is 7.49. The molecule has 5 heteroatoms. The molecule has 0 radical (unpaired) electrons. The summed E-state index contributed by atoms with van der Waals surface area (Å²) >= 11 is 1.79. The molecule has 4 nitrogen and oxygen atoms in total. The number of thioether (sulfide) groups is 1. The predicted molar refractivity (Wildman–Crippen MR) is 89.9 cm³/mol. The summed E-state index contributed by atoms with van der Waals surface area (Å²) in [5.41, 5.74) is 1.33. The van der Waals surface area contributed by atoms with Crippen molar-refractivity contribution in [3.05, 3.63) is 35.9 Å². The maximum Gasteiger partial charge on any atom is 0.240 e. The first-order valence-corrected chi connectivity index (χ1v) is 9.16. The summed E-state index contributed by atoms with van der Waals surface area (Å²) in [5.74, 6) is 2.01. The molecule has 0 bridgehead atoms. The molecule has 2 aliphatic heterocycles. The summed E-state index contributed by atoms with van der Waals surface area (Å²) in [6.45, 7) is 3.44. The number of benzene rings is 1. The van der Waals surface area contributed by atoms with E-state index in [2.05, 4.69) is 36.5 Å². The Morgan fingerprint density at radius 3 is 2.95 bits per heavy atom. The first kappa shape index (κ1) is 15.8. The number of hydrogen-bond acceptors (Lipinski definition) is 4. The van der Waals surface area contributed by atoms with Gasteiger partial charge < -0.3 is 9.64 Å². The molecule has 0 aliphatic carbocycles. The minimum absolute atomic E-state index is 0.0136. The fourth-order valence-corrected chi connectivity index (χ4v) is 3.96. The molecule has 2 aliphatic rings. The zero-order valence-electron chi connectivity index (χ0n) is 13.0. The Bertz CT molecular complexity index is 491. The predicted octanol–water partition coefficient (Wildman–Crippen LogP) is 1.90. The van der Waals surface area contributed by atoms with Gasteiger partial charge in [0, 0.05) is 18.2 Å². The fourth-order valence-electron chi connectivity index (χ4n) is 3.03. The minimum atomic E-state index is -0.0136. The maximum absolute atomic E-state index is 12.6. The van der Waals surface area contributed by atoms with Crippen LogP contribution < -0.4 is 5.32 Å². The molecule has 2 heterocycles. The van der Waals surface area contributed by atoms with Gasteiger partial charge in [0.05, 0.1) is 24.8 Å². The van der Waals surface area contributed by atoms with Gasteiger partial charge in [-0.15, -0.1) is 11.8 Å². The summed E-state index contributed by atoms with van der Waals surface area (Å²) in [6, 6.07) is 10.6. The SMILES string of the molecule is CC1COC(CCc2ccccc2)CN1C(=O)C1CSCN1. The Balaban J connectivity index is 1.55. The van der Waals surface area contributed by atoms with Gasteiger partial charge in [-0.05, 0) is 25.3 Å². The van der Waals surface area contributed by atoms with Crippen LogP contribution in [0.25, 0.3) is 0 Å². The lowest BCUT2D eigenvalue weighted by atomic mass is 10.0. The van der Waals surface area contributed by atoms with Crippen LogP contribution in [-0.4, -0.2) is 53.8 Å². The van der Waals surface area contributed by atoms with Gasteiger partial charge in [0.1, 0.15) is 0 Å². The number of aryl methyl sites for hydroxylation is 1. The third kappa shape index (κ3) is 3.83. The molecule has 2 fully saturated rings. The quantitative estimate of drug-likeness (QED) is 0.920. The van der Waals surface area contributed by atoms with Crippen LogP contribution >= 0.6 is 11.8 Å². The molecule has 0 saturated carbocycles. The molecule has 1 aromatic carbocycles. The molecule has 0 aromatic heterocycles. The summed E-state index contributed by atoms with van der Waals surface area (Å²) in [4.78, 5) is 14.6. The van der Waals surface area contributed by atoms with Crippen LogP contribution in [0.3, 0.4) is 0 Å². The molecule has 3 rings (SSSR count). The lowest BCUT2D eigenvalue weighted by molar-refractivity contribution is -0.145. The summed E-state index contributed by atoms with van der Waals surface area (Å²) in [6.07, 6.45) is 2.11. The second-order valence-corrected chi connectivity index (χ2v) is 7.12. The third-order valence-corrected chi connectivity index (χ3v) is 5.34. The first-order chi connectivity index (χ1) is 10.7. The van der Waals surface area contributed by atoms with Gasteiger partial charge in [0.2, 0.25) is 5.91 Å². The molecule has 2 saturated heterocycles. The van der Waals surface area contributed by atoms with E-state index in [4.69, 9.17) is 4.74 Å². The molecule has 22 heavy (non-hydrogen) atoms. The van der Waals surface area contributed by atoms with Crippen molar-refractivity contribution in [1.82, 2.24) is 10.2 Å². The van der Waals surface area contributed by atoms with Gasteiger partial charge >= 0.3 is 0 Å². The number of amides is 1. The summed E-state index contributed by atoms with van der Waals surface area (Å²) in [5, 5.41) is 3.28. The molecule has 1 aromatic rings. The van der Waals surface area contributed by atoms with Crippen LogP contribution in [0.4, 0.5) is 0 Å². The van der Waals surface area contributed by atoms with Crippen LogP contribution in [0.5, 0.6) is 0 Å². The number of hydrogen-bond donors (Lipinski definition) is 1. The molecule has 0 spiro atoms. The van der Waals surface area contributed by atoms with Crippen LogP contribution in [0.1, 0.15) is 18.9 Å². The van der Waals surface area contributed by atoms with Gasteiger partial charge in [0.25, 0.3) is 0 Å². The number of nitrogens with zero attached hydrogens (tertiary/aromatic N) is 1. The summed E-state index contributed by atoms with van der Waals surface area (Å²) in [7, 11) is 0. The lowest BCUT2D eigenvalue weighted by Gasteiger charge is -2.39. The highest BCUT2D eigenvalue weighted by molar-refractivity contribution is 7.99. The molecular weight excluding hydrogens is 296 g/mol. The number of ether oxygens (including phenoxy) is 1. The largest absolute Gasteiger partial charge is 0.374 e. The van der Waals surface area contributed by atoms with E-state index < -0.39 is 0 Å². The monoisotopic (exact) mass is 320 g/mol. The Labute approximate surface area is 136 Å². The molecule has 1 N–H and O–H groups in total. The van der Waals surface area contributed by atoms with Crippen molar-refractivity contribution in [3.8, 4) is 0 Å². The minimum Gasteiger partial charge on any atom is -0.374 e. The molecular formula is C17H24N2O2S. The van der Waals surface area contributed by atoms with Crippen molar-refractivity contribution in [3.63, 3.8) is 0 Å². The molecule has 3 unspecified atom stereocenters. The van der Waals surface area contributed by atoms with Crippen LogP contribution in [0.15, 0.2) is 30.3 Å².